The van der Waals surface area contributed by atoms with Gasteiger partial charge >= 0.3 is 0 Å². The molecule has 0 saturated carbocycles. The van der Waals surface area contributed by atoms with Gasteiger partial charge in [0.1, 0.15) is 11.5 Å². The van der Waals surface area contributed by atoms with Crippen molar-refractivity contribution in [1.29, 1.82) is 0 Å². The van der Waals surface area contributed by atoms with Crippen LogP contribution in [0.4, 0.5) is 0 Å². The molecule has 0 radical (unpaired) electrons. The lowest BCUT2D eigenvalue weighted by atomic mass is 10.0. The van der Waals surface area contributed by atoms with Gasteiger partial charge in [0.25, 0.3) is 0 Å². The highest BCUT2D eigenvalue weighted by Crippen LogP contribution is 2.37. The molecule has 110 valence electrons. The predicted octanol–water partition coefficient (Wildman–Crippen LogP) is 4.29. The quantitative estimate of drug-likeness (QED) is 0.779. The van der Waals surface area contributed by atoms with Crippen molar-refractivity contribution in [3.63, 3.8) is 0 Å². The molecule has 0 unspecified atom stereocenters. The Labute approximate surface area is 132 Å². The highest BCUT2D eigenvalue weighted by atomic mass is 16.5. The van der Waals surface area contributed by atoms with Crippen molar-refractivity contribution < 1.29 is 4.74 Å². The third-order valence-electron chi connectivity index (χ3n) is 3.86. The molecule has 0 atom stereocenters. The van der Waals surface area contributed by atoms with E-state index in [1.165, 1.54) is 5.57 Å². The molecule has 0 saturated heterocycles. The number of rotatable bonds is 4. The minimum Gasteiger partial charge on any atom is -0.456 e. The largest absolute Gasteiger partial charge is 0.456 e. The number of nitrogens with zero attached hydrogens (tertiary/aromatic N) is 1. The summed E-state index contributed by atoms with van der Waals surface area (Å²) in [5.74, 6) is 4.53. The minimum absolute atomic E-state index is 0.651. The van der Waals surface area contributed by atoms with E-state index < -0.39 is 0 Å². The maximum atomic E-state index is 6.10. The second-order valence-electron chi connectivity index (χ2n) is 5.31. The monoisotopic (exact) mass is 289 g/mol. The number of para-hydroxylation sites is 2. The lowest BCUT2D eigenvalue weighted by Crippen LogP contribution is -2.25. The number of hydrogen-bond donors (Lipinski definition) is 0. The molecule has 2 aromatic rings. The van der Waals surface area contributed by atoms with Crippen LogP contribution in [0.25, 0.3) is 11.6 Å². The number of ether oxygens (including phenoxy) is 1. The maximum Gasteiger partial charge on any atom is 0.135 e. The topological polar surface area (TPSA) is 12.5 Å². The molecule has 0 aromatic heterocycles. The molecule has 0 bridgehead atoms. The van der Waals surface area contributed by atoms with E-state index >= 15 is 0 Å². The van der Waals surface area contributed by atoms with Crippen LogP contribution in [0.5, 0.6) is 11.5 Å². The van der Waals surface area contributed by atoms with Gasteiger partial charge < -0.3 is 4.74 Å². The molecule has 0 fully saturated rings. The van der Waals surface area contributed by atoms with Crippen LogP contribution in [0.3, 0.4) is 0 Å². The first-order chi connectivity index (χ1) is 10.8. The van der Waals surface area contributed by atoms with Gasteiger partial charge in [-0.2, -0.15) is 0 Å². The van der Waals surface area contributed by atoms with Gasteiger partial charge in [-0.3, -0.25) is 4.90 Å². The molecule has 1 heterocycles. The van der Waals surface area contributed by atoms with Crippen LogP contribution in [0.1, 0.15) is 18.1 Å². The molecule has 22 heavy (non-hydrogen) atoms. The van der Waals surface area contributed by atoms with Crippen molar-refractivity contribution in [1.82, 2.24) is 4.90 Å². The smallest absolute Gasteiger partial charge is 0.135 e. The number of likely N-dealkylation sites (N-methyl/N-ethyl adjacent to an activating group) is 1. The SMILES string of the molecule is C#CCN(CC)CC1=Cc2ccccc2Oc2ccccc21. The summed E-state index contributed by atoms with van der Waals surface area (Å²) >= 11 is 0. The van der Waals surface area contributed by atoms with E-state index in [-0.39, 0.29) is 0 Å². The Kier molecular flexibility index (Phi) is 4.27. The zero-order valence-corrected chi connectivity index (χ0v) is 12.8. The van der Waals surface area contributed by atoms with Crippen LogP contribution in [0, 0.1) is 12.3 Å². The van der Waals surface area contributed by atoms with E-state index in [4.69, 9.17) is 11.2 Å². The molecule has 2 nitrogen and oxygen atoms in total. The first-order valence-electron chi connectivity index (χ1n) is 7.54. The molecular formula is C20H19NO. The van der Waals surface area contributed by atoms with Crippen molar-refractivity contribution in [3.05, 3.63) is 59.7 Å². The molecule has 0 N–H and O–H groups in total. The fourth-order valence-corrected chi connectivity index (χ4v) is 2.68. The molecule has 1 aliphatic rings. The van der Waals surface area contributed by atoms with Crippen molar-refractivity contribution >= 4 is 11.6 Å². The Morgan fingerprint density at radius 1 is 1.05 bits per heavy atom. The van der Waals surface area contributed by atoms with Crippen LogP contribution >= 0.6 is 0 Å². The van der Waals surface area contributed by atoms with Crippen molar-refractivity contribution in [3.8, 4) is 23.8 Å². The molecular weight excluding hydrogens is 270 g/mol. The zero-order chi connectivity index (χ0) is 15.4. The Morgan fingerprint density at radius 3 is 2.55 bits per heavy atom. The summed E-state index contributed by atoms with van der Waals surface area (Å²) in [5, 5.41) is 0. The van der Waals surface area contributed by atoms with Gasteiger partial charge in [-0.15, -0.1) is 6.42 Å². The van der Waals surface area contributed by atoms with Crippen LogP contribution in [-0.4, -0.2) is 24.5 Å². The van der Waals surface area contributed by atoms with Crippen LogP contribution in [0.2, 0.25) is 0 Å². The van der Waals surface area contributed by atoms with E-state index in [9.17, 15) is 0 Å². The standard InChI is InChI=1S/C20H19NO/c1-3-13-21(4-2)15-17-14-16-9-5-7-11-19(16)22-20-12-8-6-10-18(17)20/h1,5-12,14H,4,13,15H2,2H3. The highest BCUT2D eigenvalue weighted by Gasteiger charge is 2.17. The third-order valence-corrected chi connectivity index (χ3v) is 3.86. The molecule has 0 amide bonds. The average molecular weight is 289 g/mol. The van der Waals surface area contributed by atoms with Gasteiger partial charge in [0.15, 0.2) is 0 Å². The maximum absolute atomic E-state index is 6.10. The van der Waals surface area contributed by atoms with Crippen LogP contribution in [-0.2, 0) is 0 Å². The van der Waals surface area contributed by atoms with Crippen LogP contribution < -0.4 is 4.74 Å². The van der Waals surface area contributed by atoms with Crippen molar-refractivity contribution in [2.45, 2.75) is 6.92 Å². The van der Waals surface area contributed by atoms with E-state index in [0.29, 0.717) is 6.54 Å². The van der Waals surface area contributed by atoms with E-state index in [2.05, 4.69) is 36.0 Å². The summed E-state index contributed by atoms with van der Waals surface area (Å²) in [6, 6.07) is 16.3. The van der Waals surface area contributed by atoms with E-state index in [1.807, 2.05) is 36.4 Å². The Hall–Kier alpha value is -2.50. The van der Waals surface area contributed by atoms with Gasteiger partial charge in [-0.05, 0) is 30.3 Å². The fourth-order valence-electron chi connectivity index (χ4n) is 2.68. The minimum atomic E-state index is 0.651. The number of hydrogen-bond acceptors (Lipinski definition) is 2. The zero-order valence-electron chi connectivity index (χ0n) is 12.8. The third kappa shape index (κ3) is 2.90. The first kappa shape index (κ1) is 14.4. The van der Waals surface area contributed by atoms with Crippen molar-refractivity contribution in [2.24, 2.45) is 0 Å². The second kappa shape index (κ2) is 6.51. The first-order valence-corrected chi connectivity index (χ1v) is 7.54. The lowest BCUT2D eigenvalue weighted by Gasteiger charge is -2.20. The van der Waals surface area contributed by atoms with Gasteiger partial charge in [-0.25, -0.2) is 0 Å². The molecule has 2 heteroatoms. The van der Waals surface area contributed by atoms with Crippen molar-refractivity contribution in [2.75, 3.05) is 19.6 Å². The summed E-state index contributed by atoms with van der Waals surface area (Å²) < 4.78 is 6.10. The Morgan fingerprint density at radius 2 is 1.77 bits per heavy atom. The molecule has 0 spiro atoms. The average Bonchev–Trinajstić information content (AvgIpc) is 2.71. The van der Waals surface area contributed by atoms with Gasteiger partial charge in [0.2, 0.25) is 0 Å². The normalized spacial score (nSPS) is 12.5. The van der Waals surface area contributed by atoms with Gasteiger partial charge in [-0.1, -0.05) is 49.2 Å². The molecule has 1 aliphatic heterocycles. The second-order valence-corrected chi connectivity index (χ2v) is 5.31. The summed E-state index contributed by atoms with van der Waals surface area (Å²) in [7, 11) is 0. The number of terminal acetylenes is 1. The van der Waals surface area contributed by atoms with Gasteiger partial charge in [0, 0.05) is 17.7 Å². The number of benzene rings is 2. The summed E-state index contributed by atoms with van der Waals surface area (Å²) in [5.41, 5.74) is 3.47. The Bertz CT molecular complexity index is 739. The van der Waals surface area contributed by atoms with Crippen LogP contribution in [0.15, 0.2) is 48.5 Å². The van der Waals surface area contributed by atoms with Gasteiger partial charge in [0.05, 0.1) is 6.54 Å². The van der Waals surface area contributed by atoms with E-state index in [0.717, 1.165) is 35.7 Å². The summed E-state index contributed by atoms with van der Waals surface area (Å²) in [6.07, 6.45) is 7.69. The predicted molar refractivity (Wildman–Crippen MR) is 91.8 cm³/mol. The summed E-state index contributed by atoms with van der Waals surface area (Å²) in [6.45, 7) is 4.52. The Balaban J connectivity index is 2.05. The molecule has 3 rings (SSSR count). The lowest BCUT2D eigenvalue weighted by molar-refractivity contribution is 0.365. The van der Waals surface area contributed by atoms with E-state index in [1.54, 1.807) is 0 Å². The summed E-state index contributed by atoms with van der Waals surface area (Å²) in [4.78, 5) is 2.25. The molecule has 2 aromatic carbocycles. The highest BCUT2D eigenvalue weighted by molar-refractivity contribution is 5.88. The fraction of sp³-hybridized carbons (Fsp3) is 0.200. The number of fused-ring (bicyclic) bond motifs is 2. The molecule has 0 aliphatic carbocycles.